The number of carbonyl (C=O) groups is 1. The first-order valence-electron chi connectivity index (χ1n) is 14.4. The number of pyridine rings is 2. The SMILES string of the molecule is Cc1ccc(CC(=O)c2ccc(CN3CCNCC3)cc2)cc1Cc1nccc(-c2cncc(-c3ccccn3)c2)n1. The van der Waals surface area contributed by atoms with Crippen LogP contribution < -0.4 is 5.32 Å². The minimum atomic E-state index is 0.122. The number of ketones is 1. The fourth-order valence-electron chi connectivity index (χ4n) is 5.31. The third-order valence-electron chi connectivity index (χ3n) is 7.72. The molecule has 0 aliphatic carbocycles. The molecule has 0 atom stereocenters. The van der Waals surface area contributed by atoms with Crippen LogP contribution in [0.3, 0.4) is 0 Å². The molecule has 0 spiro atoms. The molecule has 1 aliphatic rings. The molecular formula is C35H34N6O. The van der Waals surface area contributed by atoms with Gasteiger partial charge in [-0.05, 0) is 53.4 Å². The van der Waals surface area contributed by atoms with Gasteiger partial charge >= 0.3 is 0 Å². The van der Waals surface area contributed by atoms with Crippen LogP contribution in [0.5, 0.6) is 0 Å². The van der Waals surface area contributed by atoms with Crippen LogP contribution in [0.1, 0.15) is 38.4 Å². The quantitative estimate of drug-likeness (QED) is 0.247. The van der Waals surface area contributed by atoms with Crippen LogP contribution in [0.25, 0.3) is 22.5 Å². The molecule has 3 aromatic heterocycles. The molecule has 42 heavy (non-hydrogen) atoms. The molecule has 7 nitrogen and oxygen atoms in total. The fraction of sp³-hybridized carbons (Fsp3) is 0.229. The highest BCUT2D eigenvalue weighted by Crippen LogP contribution is 2.23. The standard InChI is InChI=1S/C35H34N6O/c1-25-5-6-27(19-34(42)28-9-7-26(8-10-28)24-41-16-14-36-15-17-41)18-29(25)21-35-39-13-11-33(40-35)31-20-30(22-37-23-31)32-4-2-3-12-38-32/h2-13,18,20,22-23,36H,14-17,19,21,24H2,1H3. The summed E-state index contributed by atoms with van der Waals surface area (Å²) in [5, 5.41) is 3.39. The van der Waals surface area contributed by atoms with Gasteiger partial charge in [0.1, 0.15) is 5.82 Å². The average molecular weight is 555 g/mol. The van der Waals surface area contributed by atoms with E-state index in [1.54, 1.807) is 12.4 Å². The summed E-state index contributed by atoms with van der Waals surface area (Å²) in [5.74, 6) is 0.847. The minimum absolute atomic E-state index is 0.122. The van der Waals surface area contributed by atoms with E-state index in [-0.39, 0.29) is 5.78 Å². The number of nitrogens with zero attached hydrogens (tertiary/aromatic N) is 5. The van der Waals surface area contributed by atoms with Gasteiger partial charge in [0.15, 0.2) is 5.78 Å². The average Bonchev–Trinajstić information content (AvgIpc) is 3.04. The predicted octanol–water partition coefficient (Wildman–Crippen LogP) is 5.33. The van der Waals surface area contributed by atoms with E-state index in [9.17, 15) is 4.79 Å². The van der Waals surface area contributed by atoms with E-state index >= 15 is 0 Å². The van der Waals surface area contributed by atoms with Gasteiger partial charge in [0, 0.05) is 87.0 Å². The van der Waals surface area contributed by atoms with E-state index in [0.29, 0.717) is 12.8 Å². The van der Waals surface area contributed by atoms with Crippen molar-refractivity contribution in [1.29, 1.82) is 0 Å². The summed E-state index contributed by atoms with van der Waals surface area (Å²) in [6.07, 6.45) is 8.13. The number of benzene rings is 2. The van der Waals surface area contributed by atoms with Crippen molar-refractivity contribution in [1.82, 2.24) is 30.2 Å². The first-order chi connectivity index (χ1) is 20.6. The van der Waals surface area contributed by atoms with Crippen molar-refractivity contribution in [3.63, 3.8) is 0 Å². The zero-order valence-corrected chi connectivity index (χ0v) is 23.8. The molecular weight excluding hydrogens is 520 g/mol. The molecule has 1 aliphatic heterocycles. The molecule has 0 saturated carbocycles. The van der Waals surface area contributed by atoms with Gasteiger partial charge in [-0.25, -0.2) is 9.97 Å². The Labute approximate surface area is 246 Å². The number of aryl methyl sites for hydroxylation is 1. The van der Waals surface area contributed by atoms with Gasteiger partial charge in [-0.2, -0.15) is 0 Å². The summed E-state index contributed by atoms with van der Waals surface area (Å²) < 4.78 is 0. The Morgan fingerprint density at radius 3 is 2.40 bits per heavy atom. The molecule has 2 aromatic carbocycles. The minimum Gasteiger partial charge on any atom is -0.314 e. The number of hydrogen-bond acceptors (Lipinski definition) is 7. The van der Waals surface area contributed by atoms with Crippen molar-refractivity contribution in [3.05, 3.63) is 131 Å². The summed E-state index contributed by atoms with van der Waals surface area (Å²) in [6.45, 7) is 7.19. The Hall–Kier alpha value is -4.59. The molecule has 0 unspecified atom stereocenters. The molecule has 0 amide bonds. The molecule has 1 fully saturated rings. The maximum atomic E-state index is 13.1. The Morgan fingerprint density at radius 1 is 0.833 bits per heavy atom. The Morgan fingerprint density at radius 2 is 1.62 bits per heavy atom. The third-order valence-corrected chi connectivity index (χ3v) is 7.72. The normalized spacial score (nSPS) is 13.6. The van der Waals surface area contributed by atoms with Crippen LogP contribution in [-0.2, 0) is 19.4 Å². The van der Waals surface area contributed by atoms with Gasteiger partial charge < -0.3 is 5.32 Å². The lowest BCUT2D eigenvalue weighted by atomic mass is 9.97. The van der Waals surface area contributed by atoms with Gasteiger partial charge in [-0.1, -0.05) is 48.5 Å². The monoisotopic (exact) mass is 554 g/mol. The molecule has 210 valence electrons. The number of rotatable bonds is 9. The molecule has 1 saturated heterocycles. The zero-order valence-electron chi connectivity index (χ0n) is 23.8. The van der Waals surface area contributed by atoms with E-state index in [0.717, 1.165) is 83.3 Å². The largest absolute Gasteiger partial charge is 0.314 e. The molecule has 5 aromatic rings. The highest BCUT2D eigenvalue weighted by atomic mass is 16.1. The van der Waals surface area contributed by atoms with E-state index < -0.39 is 0 Å². The molecule has 7 heteroatoms. The molecule has 0 radical (unpaired) electrons. The number of Topliss-reactive ketones (excluding diaryl/α,β-unsaturated/α-hetero) is 1. The lowest BCUT2D eigenvalue weighted by Gasteiger charge is -2.27. The Kier molecular flexibility index (Phi) is 8.49. The summed E-state index contributed by atoms with van der Waals surface area (Å²) >= 11 is 0. The number of hydrogen-bond donors (Lipinski definition) is 1. The lowest BCUT2D eigenvalue weighted by molar-refractivity contribution is 0.0993. The van der Waals surface area contributed by atoms with Crippen LogP contribution in [-0.4, -0.2) is 56.8 Å². The highest BCUT2D eigenvalue weighted by Gasteiger charge is 2.13. The van der Waals surface area contributed by atoms with E-state index in [2.05, 4.69) is 62.4 Å². The first kappa shape index (κ1) is 27.6. The topological polar surface area (TPSA) is 83.9 Å². The van der Waals surface area contributed by atoms with Crippen molar-refractivity contribution in [3.8, 4) is 22.5 Å². The van der Waals surface area contributed by atoms with Crippen molar-refractivity contribution >= 4 is 5.78 Å². The second kappa shape index (κ2) is 12.9. The van der Waals surface area contributed by atoms with Gasteiger partial charge in [0.25, 0.3) is 0 Å². The third kappa shape index (κ3) is 6.82. The van der Waals surface area contributed by atoms with Crippen molar-refractivity contribution in [2.24, 2.45) is 0 Å². The lowest BCUT2D eigenvalue weighted by Crippen LogP contribution is -2.42. The van der Waals surface area contributed by atoms with E-state index in [1.165, 1.54) is 5.56 Å². The summed E-state index contributed by atoms with van der Waals surface area (Å²) in [4.78, 5) is 33.9. The Bertz CT molecular complexity index is 1660. The summed E-state index contributed by atoms with van der Waals surface area (Å²) in [7, 11) is 0. The first-order valence-corrected chi connectivity index (χ1v) is 14.4. The maximum Gasteiger partial charge on any atom is 0.167 e. The van der Waals surface area contributed by atoms with Crippen LogP contribution in [0.4, 0.5) is 0 Å². The Balaban J connectivity index is 1.14. The highest BCUT2D eigenvalue weighted by molar-refractivity contribution is 5.97. The van der Waals surface area contributed by atoms with Crippen LogP contribution in [0.15, 0.2) is 97.6 Å². The van der Waals surface area contributed by atoms with Gasteiger partial charge in [0.2, 0.25) is 0 Å². The zero-order chi connectivity index (χ0) is 28.7. The van der Waals surface area contributed by atoms with Gasteiger partial charge in [-0.3, -0.25) is 19.7 Å². The molecule has 6 rings (SSSR count). The smallest absolute Gasteiger partial charge is 0.167 e. The molecule has 1 N–H and O–H groups in total. The van der Waals surface area contributed by atoms with Crippen molar-refractivity contribution < 1.29 is 4.79 Å². The van der Waals surface area contributed by atoms with E-state index in [1.807, 2.05) is 54.9 Å². The van der Waals surface area contributed by atoms with Gasteiger partial charge in [-0.15, -0.1) is 0 Å². The molecule has 4 heterocycles. The second-order valence-corrected chi connectivity index (χ2v) is 10.8. The second-order valence-electron chi connectivity index (χ2n) is 10.8. The number of aromatic nitrogens is 4. The maximum absolute atomic E-state index is 13.1. The van der Waals surface area contributed by atoms with Crippen LogP contribution in [0.2, 0.25) is 0 Å². The summed E-state index contributed by atoms with van der Waals surface area (Å²) in [5.41, 5.74) is 8.79. The fourth-order valence-corrected chi connectivity index (χ4v) is 5.31. The van der Waals surface area contributed by atoms with Crippen LogP contribution in [0, 0.1) is 6.92 Å². The molecule has 0 bridgehead atoms. The number of carbonyl (C=O) groups excluding carboxylic acids is 1. The van der Waals surface area contributed by atoms with Crippen LogP contribution >= 0.6 is 0 Å². The van der Waals surface area contributed by atoms with Crippen molar-refractivity contribution in [2.45, 2.75) is 26.3 Å². The van der Waals surface area contributed by atoms with Crippen molar-refractivity contribution in [2.75, 3.05) is 26.2 Å². The van der Waals surface area contributed by atoms with E-state index in [4.69, 9.17) is 4.98 Å². The number of piperazine rings is 1. The van der Waals surface area contributed by atoms with Gasteiger partial charge in [0.05, 0.1) is 11.4 Å². The number of nitrogens with one attached hydrogen (secondary N) is 1. The summed E-state index contributed by atoms with van der Waals surface area (Å²) in [6, 6.07) is 24.1. The predicted molar refractivity (Wildman–Crippen MR) is 165 cm³/mol.